The van der Waals surface area contributed by atoms with Crippen molar-refractivity contribution in [2.45, 2.75) is 18.9 Å². The fraction of sp³-hybridized carbons (Fsp3) is 0.148. The zero-order chi connectivity index (χ0) is 23.7. The Labute approximate surface area is 197 Å². The first kappa shape index (κ1) is 21.5. The molecule has 1 aliphatic rings. The highest BCUT2D eigenvalue weighted by atomic mass is 16.5. The molecule has 7 nitrogen and oxygen atoms in total. The van der Waals surface area contributed by atoms with Crippen LogP contribution in [0.25, 0.3) is 5.69 Å². The third-order valence-corrected chi connectivity index (χ3v) is 6.05. The van der Waals surface area contributed by atoms with E-state index in [2.05, 4.69) is 10.6 Å². The number of nitrogens with zero attached hydrogens (tertiary/aromatic N) is 2. The number of rotatable bonds is 5. The predicted octanol–water partition coefficient (Wildman–Crippen LogP) is 4.07. The molecule has 0 fully saturated rings. The third-order valence-electron chi connectivity index (χ3n) is 6.05. The average Bonchev–Trinajstić information content (AvgIpc) is 3.21. The molecule has 0 bridgehead atoms. The minimum Gasteiger partial charge on any atom is -0.497 e. The summed E-state index contributed by atoms with van der Waals surface area (Å²) in [7, 11) is 1.60. The quantitative estimate of drug-likeness (QED) is 0.478. The number of benzene rings is 3. The van der Waals surface area contributed by atoms with Gasteiger partial charge in [0.2, 0.25) is 5.91 Å². The number of hydrogen-bond acceptors (Lipinski definition) is 4. The highest BCUT2D eigenvalue weighted by molar-refractivity contribution is 6.04. The van der Waals surface area contributed by atoms with Crippen molar-refractivity contribution in [3.05, 3.63) is 107 Å². The van der Waals surface area contributed by atoms with Crippen LogP contribution in [0.5, 0.6) is 5.75 Å². The van der Waals surface area contributed by atoms with Gasteiger partial charge in [0.05, 0.1) is 18.5 Å². The van der Waals surface area contributed by atoms with Crippen LogP contribution in [0.3, 0.4) is 0 Å². The molecular formula is C27H24N4O3. The van der Waals surface area contributed by atoms with E-state index in [1.54, 1.807) is 36.1 Å². The summed E-state index contributed by atoms with van der Waals surface area (Å²) in [6.45, 7) is 1.92. The molecule has 7 heteroatoms. The van der Waals surface area contributed by atoms with E-state index in [0.717, 1.165) is 22.5 Å². The maximum Gasteiger partial charge on any atom is 0.251 e. The molecule has 5 rings (SSSR count). The number of methoxy groups -OCH3 is 1. The third kappa shape index (κ3) is 3.81. The Morgan fingerprint density at radius 2 is 1.71 bits per heavy atom. The van der Waals surface area contributed by atoms with Crippen LogP contribution < -0.4 is 15.4 Å². The van der Waals surface area contributed by atoms with Crippen molar-refractivity contribution in [1.82, 2.24) is 15.1 Å². The number of amides is 2. The van der Waals surface area contributed by atoms with Crippen LogP contribution in [0.4, 0.5) is 5.82 Å². The standard InChI is InChI=1S/C27H24N4O3/c1-17-22-23(19-12-9-15-21(16-19)34-2)24(28-26(32)18-10-5-3-6-11-18)27(33)29-25(22)31(30-17)20-13-7-4-8-14-20/h3-16,23-24H,1-2H3,(H,28,32)(H,29,33)/t23-,24+/m0/s1. The van der Waals surface area contributed by atoms with Gasteiger partial charge in [-0.05, 0) is 48.9 Å². The molecule has 2 heterocycles. The number of anilines is 1. The van der Waals surface area contributed by atoms with E-state index in [9.17, 15) is 9.59 Å². The van der Waals surface area contributed by atoms with Crippen LogP contribution in [0.1, 0.15) is 33.1 Å². The Morgan fingerprint density at radius 3 is 2.41 bits per heavy atom. The number of aryl methyl sites for hydroxylation is 1. The molecule has 0 saturated heterocycles. The molecule has 2 N–H and O–H groups in total. The van der Waals surface area contributed by atoms with Crippen molar-refractivity contribution >= 4 is 17.6 Å². The van der Waals surface area contributed by atoms with Gasteiger partial charge in [0.15, 0.2) is 0 Å². The van der Waals surface area contributed by atoms with Gasteiger partial charge in [-0.2, -0.15) is 5.10 Å². The molecule has 0 aliphatic carbocycles. The molecule has 0 spiro atoms. The summed E-state index contributed by atoms with van der Waals surface area (Å²) in [6.07, 6.45) is 0. The van der Waals surface area contributed by atoms with Crippen LogP contribution in [-0.2, 0) is 4.79 Å². The average molecular weight is 453 g/mol. The second-order valence-electron chi connectivity index (χ2n) is 8.16. The summed E-state index contributed by atoms with van der Waals surface area (Å²) >= 11 is 0. The molecule has 1 aliphatic heterocycles. The zero-order valence-electron chi connectivity index (χ0n) is 18.9. The Kier molecular flexibility index (Phi) is 5.59. The van der Waals surface area contributed by atoms with E-state index in [1.165, 1.54) is 0 Å². The Morgan fingerprint density at radius 1 is 1.00 bits per heavy atom. The largest absolute Gasteiger partial charge is 0.497 e. The van der Waals surface area contributed by atoms with Gasteiger partial charge < -0.3 is 15.4 Å². The molecule has 1 aromatic heterocycles. The Bertz CT molecular complexity index is 1350. The van der Waals surface area contributed by atoms with Crippen LogP contribution in [-0.4, -0.2) is 34.7 Å². The van der Waals surface area contributed by atoms with E-state index < -0.39 is 12.0 Å². The highest BCUT2D eigenvalue weighted by Crippen LogP contribution is 2.41. The number of fused-ring (bicyclic) bond motifs is 1. The second-order valence-corrected chi connectivity index (χ2v) is 8.16. The van der Waals surface area contributed by atoms with E-state index >= 15 is 0 Å². The van der Waals surface area contributed by atoms with Crippen molar-refractivity contribution in [3.8, 4) is 11.4 Å². The number of carbonyl (C=O) groups excluding carboxylic acids is 2. The lowest BCUT2D eigenvalue weighted by atomic mass is 9.81. The minimum absolute atomic E-state index is 0.304. The van der Waals surface area contributed by atoms with E-state index in [1.807, 2.05) is 67.6 Å². The first-order chi connectivity index (χ1) is 16.6. The lowest BCUT2D eigenvalue weighted by molar-refractivity contribution is -0.118. The smallest absolute Gasteiger partial charge is 0.251 e. The lowest BCUT2D eigenvalue weighted by Gasteiger charge is -2.33. The first-order valence-electron chi connectivity index (χ1n) is 11.0. The van der Waals surface area contributed by atoms with Gasteiger partial charge in [-0.1, -0.05) is 48.5 Å². The lowest BCUT2D eigenvalue weighted by Crippen LogP contribution is -2.50. The van der Waals surface area contributed by atoms with Gasteiger partial charge in [-0.25, -0.2) is 4.68 Å². The zero-order valence-corrected chi connectivity index (χ0v) is 18.9. The van der Waals surface area contributed by atoms with E-state index in [4.69, 9.17) is 9.84 Å². The molecule has 0 unspecified atom stereocenters. The number of aromatic nitrogens is 2. The van der Waals surface area contributed by atoms with Crippen molar-refractivity contribution in [2.24, 2.45) is 0 Å². The highest BCUT2D eigenvalue weighted by Gasteiger charge is 2.42. The van der Waals surface area contributed by atoms with Gasteiger partial charge in [-0.3, -0.25) is 9.59 Å². The summed E-state index contributed by atoms with van der Waals surface area (Å²) < 4.78 is 7.18. The maximum atomic E-state index is 13.5. The molecule has 2 atom stereocenters. The number of nitrogens with one attached hydrogen (secondary N) is 2. The van der Waals surface area contributed by atoms with E-state index in [-0.39, 0.29) is 11.8 Å². The summed E-state index contributed by atoms with van der Waals surface area (Å²) in [5.41, 5.74) is 3.80. The summed E-state index contributed by atoms with van der Waals surface area (Å²) in [4.78, 5) is 26.5. The summed E-state index contributed by atoms with van der Waals surface area (Å²) in [5.74, 6) is 0.203. The molecule has 0 saturated carbocycles. The van der Waals surface area contributed by atoms with Crippen LogP contribution in [0.15, 0.2) is 84.9 Å². The fourth-order valence-corrected chi connectivity index (χ4v) is 4.46. The van der Waals surface area contributed by atoms with Crippen molar-refractivity contribution in [1.29, 1.82) is 0 Å². The van der Waals surface area contributed by atoms with Crippen LogP contribution in [0.2, 0.25) is 0 Å². The fourth-order valence-electron chi connectivity index (χ4n) is 4.46. The minimum atomic E-state index is -0.834. The number of hydrogen-bond donors (Lipinski definition) is 2. The predicted molar refractivity (Wildman–Crippen MR) is 129 cm³/mol. The van der Waals surface area contributed by atoms with Crippen LogP contribution >= 0.6 is 0 Å². The molecule has 4 aromatic rings. The monoisotopic (exact) mass is 452 g/mol. The molecule has 2 amide bonds. The Hall–Kier alpha value is -4.39. The summed E-state index contributed by atoms with van der Waals surface area (Å²) in [6, 6.07) is 25.3. The number of ether oxygens (including phenoxy) is 1. The molecular weight excluding hydrogens is 428 g/mol. The van der Waals surface area contributed by atoms with Crippen molar-refractivity contribution in [2.75, 3.05) is 12.4 Å². The number of carbonyl (C=O) groups is 2. The maximum absolute atomic E-state index is 13.5. The molecule has 170 valence electrons. The van der Waals surface area contributed by atoms with Gasteiger partial charge in [0.25, 0.3) is 5.91 Å². The Balaban J connectivity index is 1.64. The van der Waals surface area contributed by atoms with Crippen LogP contribution in [0, 0.1) is 6.92 Å². The topological polar surface area (TPSA) is 85.2 Å². The van der Waals surface area contributed by atoms with Gasteiger partial charge >= 0.3 is 0 Å². The van der Waals surface area contributed by atoms with Gasteiger partial charge in [0.1, 0.15) is 17.6 Å². The number of para-hydroxylation sites is 1. The van der Waals surface area contributed by atoms with Crippen molar-refractivity contribution < 1.29 is 14.3 Å². The normalized spacial score (nSPS) is 16.9. The van der Waals surface area contributed by atoms with Gasteiger partial charge in [-0.15, -0.1) is 0 Å². The SMILES string of the molecule is COc1cccc([C@H]2c3c(C)nn(-c4ccccc4)c3NC(=O)[C@@H]2NC(=O)c2ccccc2)c1. The summed E-state index contributed by atoms with van der Waals surface area (Å²) in [5, 5.41) is 10.7. The van der Waals surface area contributed by atoms with Crippen molar-refractivity contribution in [3.63, 3.8) is 0 Å². The first-order valence-corrected chi connectivity index (χ1v) is 11.0. The molecule has 0 radical (unpaired) electrons. The molecule has 3 aromatic carbocycles. The van der Waals surface area contributed by atoms with E-state index in [0.29, 0.717) is 17.1 Å². The second kappa shape index (κ2) is 8.86. The van der Waals surface area contributed by atoms with Gasteiger partial charge in [0, 0.05) is 17.0 Å². The molecule has 34 heavy (non-hydrogen) atoms.